The summed E-state index contributed by atoms with van der Waals surface area (Å²) in [6.07, 6.45) is 1.46. The Bertz CT molecular complexity index is 1200. The SMILES string of the molecule is Cc1cc(C)n(CC(=O)N2CCN(c3ccccc3C(=O)Nc3ccc(C#N)nc3)CC2)n1. The summed E-state index contributed by atoms with van der Waals surface area (Å²) < 4.78 is 1.74. The Morgan fingerprint density at radius 3 is 2.48 bits per heavy atom. The van der Waals surface area contributed by atoms with Gasteiger partial charge in [-0.3, -0.25) is 14.3 Å². The van der Waals surface area contributed by atoms with Crippen LogP contribution in [0.4, 0.5) is 11.4 Å². The maximum atomic E-state index is 12.9. The molecule has 0 radical (unpaired) electrons. The molecule has 0 bridgehead atoms. The molecule has 1 saturated heterocycles. The van der Waals surface area contributed by atoms with Gasteiger partial charge < -0.3 is 15.1 Å². The molecular weight excluding hydrogens is 418 g/mol. The molecule has 0 atom stereocenters. The number of nitriles is 1. The zero-order chi connectivity index (χ0) is 23.4. The van der Waals surface area contributed by atoms with Gasteiger partial charge in [0.25, 0.3) is 5.91 Å². The van der Waals surface area contributed by atoms with E-state index in [1.165, 1.54) is 6.20 Å². The summed E-state index contributed by atoms with van der Waals surface area (Å²) in [5.74, 6) is -0.208. The summed E-state index contributed by atoms with van der Waals surface area (Å²) in [6, 6.07) is 14.5. The van der Waals surface area contributed by atoms with Crippen LogP contribution in [0, 0.1) is 25.2 Å². The third-order valence-electron chi connectivity index (χ3n) is 5.65. The number of rotatable bonds is 5. The van der Waals surface area contributed by atoms with Crippen LogP contribution in [0.25, 0.3) is 0 Å². The average molecular weight is 444 g/mol. The van der Waals surface area contributed by atoms with E-state index < -0.39 is 0 Å². The molecule has 0 spiro atoms. The zero-order valence-electron chi connectivity index (χ0n) is 18.7. The van der Waals surface area contributed by atoms with E-state index in [1.807, 2.05) is 49.1 Å². The third-order valence-corrected chi connectivity index (χ3v) is 5.65. The number of nitrogens with one attached hydrogen (secondary N) is 1. The van der Waals surface area contributed by atoms with Gasteiger partial charge in [-0.05, 0) is 44.2 Å². The molecule has 2 amide bonds. The van der Waals surface area contributed by atoms with Crippen LogP contribution < -0.4 is 10.2 Å². The summed E-state index contributed by atoms with van der Waals surface area (Å²) in [5, 5.41) is 16.1. The molecule has 33 heavy (non-hydrogen) atoms. The van der Waals surface area contributed by atoms with E-state index in [0.29, 0.717) is 43.1 Å². The number of benzene rings is 1. The van der Waals surface area contributed by atoms with Gasteiger partial charge in [0.05, 0.1) is 23.1 Å². The topological polar surface area (TPSA) is 107 Å². The predicted molar refractivity (Wildman–Crippen MR) is 124 cm³/mol. The Morgan fingerprint density at radius 1 is 1.09 bits per heavy atom. The molecule has 1 fully saturated rings. The number of para-hydroxylation sites is 1. The number of aryl methyl sites for hydroxylation is 2. The molecule has 0 unspecified atom stereocenters. The van der Waals surface area contributed by atoms with Crippen molar-refractivity contribution in [2.45, 2.75) is 20.4 Å². The number of hydrogen-bond acceptors (Lipinski definition) is 6. The predicted octanol–water partition coefficient (Wildman–Crippen LogP) is 2.37. The van der Waals surface area contributed by atoms with Gasteiger partial charge in [-0.1, -0.05) is 12.1 Å². The third kappa shape index (κ3) is 5.01. The van der Waals surface area contributed by atoms with E-state index in [2.05, 4.69) is 20.3 Å². The number of anilines is 2. The van der Waals surface area contributed by atoms with Gasteiger partial charge in [-0.15, -0.1) is 0 Å². The van der Waals surface area contributed by atoms with Crippen LogP contribution in [-0.2, 0) is 11.3 Å². The highest BCUT2D eigenvalue weighted by molar-refractivity contribution is 6.08. The number of nitrogens with zero attached hydrogens (tertiary/aromatic N) is 6. The van der Waals surface area contributed by atoms with Gasteiger partial charge in [0.2, 0.25) is 5.91 Å². The second kappa shape index (κ2) is 9.53. The zero-order valence-corrected chi connectivity index (χ0v) is 18.7. The van der Waals surface area contributed by atoms with E-state index >= 15 is 0 Å². The van der Waals surface area contributed by atoms with E-state index in [9.17, 15) is 9.59 Å². The Balaban J connectivity index is 1.40. The first-order valence-electron chi connectivity index (χ1n) is 10.7. The van der Waals surface area contributed by atoms with E-state index in [-0.39, 0.29) is 18.4 Å². The number of carbonyl (C=O) groups excluding carboxylic acids is 2. The van der Waals surface area contributed by atoms with Crippen LogP contribution in [0.2, 0.25) is 0 Å². The summed E-state index contributed by atoms with van der Waals surface area (Å²) in [6.45, 7) is 6.51. The van der Waals surface area contributed by atoms with Gasteiger partial charge in [0.1, 0.15) is 18.3 Å². The summed E-state index contributed by atoms with van der Waals surface area (Å²) in [7, 11) is 0. The minimum absolute atomic E-state index is 0.0418. The molecule has 0 saturated carbocycles. The molecule has 0 aliphatic carbocycles. The van der Waals surface area contributed by atoms with E-state index in [1.54, 1.807) is 22.9 Å². The van der Waals surface area contributed by atoms with Gasteiger partial charge in [-0.2, -0.15) is 10.4 Å². The van der Waals surface area contributed by atoms with Crippen LogP contribution in [0.15, 0.2) is 48.7 Å². The summed E-state index contributed by atoms with van der Waals surface area (Å²) in [4.78, 5) is 33.6. The molecular formula is C24H25N7O2. The number of aromatic nitrogens is 3. The number of piperazine rings is 1. The molecule has 1 aliphatic heterocycles. The van der Waals surface area contributed by atoms with Crippen molar-refractivity contribution in [3.8, 4) is 6.07 Å². The standard InChI is InChI=1S/C24H25N7O2/c1-17-13-18(2)31(28-17)16-23(32)30-11-9-29(10-12-30)22-6-4-3-5-21(22)24(33)27-20-8-7-19(14-25)26-15-20/h3-8,13,15H,9-12,16H2,1-2H3,(H,27,33). The largest absolute Gasteiger partial charge is 0.367 e. The van der Waals surface area contributed by atoms with Crippen molar-refractivity contribution in [2.75, 3.05) is 36.4 Å². The summed E-state index contributed by atoms with van der Waals surface area (Å²) >= 11 is 0. The molecule has 1 aromatic carbocycles. The lowest BCUT2D eigenvalue weighted by molar-refractivity contribution is -0.132. The number of pyridine rings is 1. The highest BCUT2D eigenvalue weighted by atomic mass is 16.2. The second-order valence-corrected chi connectivity index (χ2v) is 7.97. The minimum Gasteiger partial charge on any atom is -0.367 e. The molecule has 3 heterocycles. The fourth-order valence-corrected chi connectivity index (χ4v) is 3.93. The van der Waals surface area contributed by atoms with Crippen molar-refractivity contribution in [1.82, 2.24) is 19.7 Å². The number of hydrogen-bond donors (Lipinski definition) is 1. The monoisotopic (exact) mass is 443 g/mol. The van der Waals surface area contributed by atoms with E-state index in [4.69, 9.17) is 5.26 Å². The molecule has 9 heteroatoms. The molecule has 4 rings (SSSR count). The van der Waals surface area contributed by atoms with Crippen LogP contribution in [0.1, 0.15) is 27.4 Å². The lowest BCUT2D eigenvalue weighted by Crippen LogP contribution is -2.50. The molecule has 2 aromatic heterocycles. The molecule has 168 valence electrons. The lowest BCUT2D eigenvalue weighted by atomic mass is 10.1. The van der Waals surface area contributed by atoms with Crippen LogP contribution >= 0.6 is 0 Å². The normalized spacial score (nSPS) is 13.5. The van der Waals surface area contributed by atoms with Gasteiger partial charge >= 0.3 is 0 Å². The Labute approximate surface area is 192 Å². The smallest absolute Gasteiger partial charge is 0.257 e. The van der Waals surface area contributed by atoms with E-state index in [0.717, 1.165) is 17.1 Å². The maximum absolute atomic E-state index is 12.9. The minimum atomic E-state index is -0.250. The Kier molecular flexibility index (Phi) is 6.36. The van der Waals surface area contributed by atoms with Crippen molar-refractivity contribution >= 4 is 23.2 Å². The highest BCUT2D eigenvalue weighted by Gasteiger charge is 2.24. The van der Waals surface area contributed by atoms with Crippen molar-refractivity contribution in [2.24, 2.45) is 0 Å². The lowest BCUT2D eigenvalue weighted by Gasteiger charge is -2.37. The highest BCUT2D eigenvalue weighted by Crippen LogP contribution is 2.23. The summed E-state index contributed by atoms with van der Waals surface area (Å²) in [5.41, 5.74) is 4.05. The number of amides is 2. The van der Waals surface area contributed by atoms with Gasteiger partial charge in [-0.25, -0.2) is 4.98 Å². The Morgan fingerprint density at radius 2 is 1.85 bits per heavy atom. The molecule has 1 aliphatic rings. The molecule has 1 N–H and O–H groups in total. The fraction of sp³-hybridized carbons (Fsp3) is 0.292. The van der Waals surface area contributed by atoms with Gasteiger partial charge in [0.15, 0.2) is 0 Å². The van der Waals surface area contributed by atoms with Crippen molar-refractivity contribution in [3.63, 3.8) is 0 Å². The molecule has 9 nitrogen and oxygen atoms in total. The second-order valence-electron chi connectivity index (χ2n) is 7.97. The first kappa shape index (κ1) is 22.0. The van der Waals surface area contributed by atoms with Gasteiger partial charge in [0, 0.05) is 37.6 Å². The average Bonchev–Trinajstić information content (AvgIpc) is 3.15. The van der Waals surface area contributed by atoms with Crippen LogP contribution in [-0.4, -0.2) is 57.7 Å². The van der Waals surface area contributed by atoms with Crippen molar-refractivity contribution in [3.05, 3.63) is 71.3 Å². The molecule has 3 aromatic rings. The maximum Gasteiger partial charge on any atom is 0.257 e. The first-order chi connectivity index (χ1) is 15.9. The fourth-order valence-electron chi connectivity index (χ4n) is 3.93. The van der Waals surface area contributed by atoms with Crippen LogP contribution in [0.3, 0.4) is 0 Å². The first-order valence-corrected chi connectivity index (χ1v) is 10.7. The van der Waals surface area contributed by atoms with Crippen molar-refractivity contribution in [1.29, 1.82) is 5.26 Å². The Hall–Kier alpha value is -4.19. The number of carbonyl (C=O) groups is 2. The van der Waals surface area contributed by atoms with Crippen molar-refractivity contribution < 1.29 is 9.59 Å². The van der Waals surface area contributed by atoms with Crippen LogP contribution in [0.5, 0.6) is 0 Å². The quantitative estimate of drug-likeness (QED) is 0.649.